The minimum atomic E-state index is -0.154. The minimum absolute atomic E-state index is 0.154. The Morgan fingerprint density at radius 2 is 1.76 bits per heavy atom. The molecule has 0 bridgehead atoms. The highest BCUT2D eigenvalue weighted by Gasteiger charge is 2.10. The Morgan fingerprint density at radius 3 is 2.29 bits per heavy atom. The number of benzene rings is 1. The second-order valence-electron chi connectivity index (χ2n) is 5.09. The van der Waals surface area contributed by atoms with Crippen LogP contribution in [0.5, 0.6) is 0 Å². The zero-order valence-corrected chi connectivity index (χ0v) is 11.2. The Kier molecular flexibility index (Phi) is 6.20. The van der Waals surface area contributed by atoms with Gasteiger partial charge in [-0.05, 0) is 42.5 Å². The molecule has 0 aliphatic heterocycles. The maximum absolute atomic E-state index is 12.9. The van der Waals surface area contributed by atoms with E-state index in [0.29, 0.717) is 11.8 Å². The first-order chi connectivity index (χ1) is 8.13. The van der Waals surface area contributed by atoms with Gasteiger partial charge in [0.05, 0.1) is 0 Å². The summed E-state index contributed by atoms with van der Waals surface area (Å²) in [5.74, 6) is 1.02. The van der Waals surface area contributed by atoms with Crippen molar-refractivity contribution in [3.63, 3.8) is 0 Å². The van der Waals surface area contributed by atoms with Gasteiger partial charge in [-0.25, -0.2) is 4.39 Å². The number of hydrogen-bond donors (Lipinski definition) is 1. The molecule has 1 aromatic carbocycles. The molecule has 0 amide bonds. The van der Waals surface area contributed by atoms with Crippen molar-refractivity contribution < 1.29 is 4.39 Å². The molecule has 0 heterocycles. The molecular formula is C15H24FN. The second-order valence-corrected chi connectivity index (χ2v) is 5.09. The van der Waals surface area contributed by atoms with Gasteiger partial charge in [0.25, 0.3) is 0 Å². The fourth-order valence-corrected chi connectivity index (χ4v) is 2.02. The third-order valence-electron chi connectivity index (χ3n) is 2.92. The SMILES string of the molecule is CCCC(CNCC(C)C)c1ccc(F)cc1. The van der Waals surface area contributed by atoms with Crippen molar-refractivity contribution in [1.29, 1.82) is 0 Å². The van der Waals surface area contributed by atoms with Crippen LogP contribution in [0.2, 0.25) is 0 Å². The molecule has 0 aromatic heterocycles. The summed E-state index contributed by atoms with van der Waals surface area (Å²) in [4.78, 5) is 0. The van der Waals surface area contributed by atoms with E-state index in [1.165, 1.54) is 5.56 Å². The molecule has 0 saturated heterocycles. The molecule has 0 aliphatic rings. The molecule has 2 heteroatoms. The van der Waals surface area contributed by atoms with Gasteiger partial charge in [-0.15, -0.1) is 0 Å². The highest BCUT2D eigenvalue weighted by atomic mass is 19.1. The molecule has 0 saturated carbocycles. The largest absolute Gasteiger partial charge is 0.316 e. The Bertz CT molecular complexity index is 305. The first-order valence-electron chi connectivity index (χ1n) is 6.59. The smallest absolute Gasteiger partial charge is 0.123 e. The third kappa shape index (κ3) is 5.31. The molecule has 1 unspecified atom stereocenters. The van der Waals surface area contributed by atoms with Crippen molar-refractivity contribution >= 4 is 0 Å². The summed E-state index contributed by atoms with van der Waals surface area (Å²) in [7, 11) is 0. The summed E-state index contributed by atoms with van der Waals surface area (Å²) < 4.78 is 12.9. The van der Waals surface area contributed by atoms with Crippen LogP contribution in [-0.2, 0) is 0 Å². The predicted octanol–water partition coefficient (Wildman–Crippen LogP) is 3.96. The molecule has 17 heavy (non-hydrogen) atoms. The van der Waals surface area contributed by atoms with Crippen molar-refractivity contribution in [3.8, 4) is 0 Å². The van der Waals surface area contributed by atoms with Crippen LogP contribution in [0.1, 0.15) is 45.1 Å². The van der Waals surface area contributed by atoms with Crippen molar-refractivity contribution in [1.82, 2.24) is 5.32 Å². The summed E-state index contributed by atoms with van der Waals surface area (Å²) in [5.41, 5.74) is 1.24. The fraction of sp³-hybridized carbons (Fsp3) is 0.600. The molecule has 1 nitrogen and oxygen atoms in total. The van der Waals surface area contributed by atoms with Crippen LogP contribution in [0, 0.1) is 11.7 Å². The minimum Gasteiger partial charge on any atom is -0.316 e. The van der Waals surface area contributed by atoms with Gasteiger partial charge < -0.3 is 5.32 Å². The summed E-state index contributed by atoms with van der Waals surface area (Å²) >= 11 is 0. The van der Waals surface area contributed by atoms with Gasteiger partial charge >= 0.3 is 0 Å². The molecule has 0 radical (unpaired) electrons. The van der Waals surface area contributed by atoms with Gasteiger partial charge in [-0.2, -0.15) is 0 Å². The first-order valence-corrected chi connectivity index (χ1v) is 6.59. The number of hydrogen-bond acceptors (Lipinski definition) is 1. The lowest BCUT2D eigenvalue weighted by atomic mass is 9.94. The molecule has 0 fully saturated rings. The average molecular weight is 237 g/mol. The normalized spacial score (nSPS) is 13.0. The van der Waals surface area contributed by atoms with Crippen LogP contribution in [0.15, 0.2) is 24.3 Å². The molecule has 1 atom stereocenters. The van der Waals surface area contributed by atoms with Crippen LogP contribution < -0.4 is 5.32 Å². The van der Waals surface area contributed by atoms with Gasteiger partial charge in [0, 0.05) is 6.54 Å². The van der Waals surface area contributed by atoms with E-state index in [1.807, 2.05) is 12.1 Å². The monoisotopic (exact) mass is 237 g/mol. The highest BCUT2D eigenvalue weighted by molar-refractivity contribution is 5.20. The van der Waals surface area contributed by atoms with Crippen LogP contribution in [0.4, 0.5) is 4.39 Å². The highest BCUT2D eigenvalue weighted by Crippen LogP contribution is 2.20. The number of nitrogens with one attached hydrogen (secondary N) is 1. The van der Waals surface area contributed by atoms with Crippen molar-refractivity contribution in [2.45, 2.75) is 39.5 Å². The second kappa shape index (κ2) is 7.44. The summed E-state index contributed by atoms with van der Waals surface area (Å²) in [6, 6.07) is 6.93. The van der Waals surface area contributed by atoms with E-state index in [4.69, 9.17) is 0 Å². The Labute approximate surface area is 104 Å². The Morgan fingerprint density at radius 1 is 1.12 bits per heavy atom. The van der Waals surface area contributed by atoms with Crippen LogP contribution in [0.25, 0.3) is 0 Å². The molecule has 1 aromatic rings. The van der Waals surface area contributed by atoms with Crippen molar-refractivity contribution in [2.24, 2.45) is 5.92 Å². The van der Waals surface area contributed by atoms with Crippen LogP contribution in [0.3, 0.4) is 0 Å². The molecule has 1 N–H and O–H groups in total. The summed E-state index contributed by atoms with van der Waals surface area (Å²) in [6.07, 6.45) is 2.31. The fourth-order valence-electron chi connectivity index (χ4n) is 2.02. The first kappa shape index (κ1) is 14.2. The Hall–Kier alpha value is -0.890. The van der Waals surface area contributed by atoms with Crippen LogP contribution >= 0.6 is 0 Å². The lowest BCUT2D eigenvalue weighted by Gasteiger charge is -2.18. The summed E-state index contributed by atoms with van der Waals surface area (Å²) in [6.45, 7) is 8.64. The number of halogens is 1. The molecular weight excluding hydrogens is 213 g/mol. The lowest BCUT2D eigenvalue weighted by Crippen LogP contribution is -2.25. The quantitative estimate of drug-likeness (QED) is 0.757. The zero-order chi connectivity index (χ0) is 12.7. The van der Waals surface area contributed by atoms with E-state index >= 15 is 0 Å². The van der Waals surface area contributed by atoms with E-state index in [-0.39, 0.29) is 5.82 Å². The van der Waals surface area contributed by atoms with Gasteiger partial charge in [0.1, 0.15) is 5.82 Å². The lowest BCUT2D eigenvalue weighted by molar-refractivity contribution is 0.497. The van der Waals surface area contributed by atoms with Crippen molar-refractivity contribution in [3.05, 3.63) is 35.6 Å². The molecule has 96 valence electrons. The topological polar surface area (TPSA) is 12.0 Å². The van der Waals surface area contributed by atoms with Gasteiger partial charge in [0.15, 0.2) is 0 Å². The van der Waals surface area contributed by atoms with Gasteiger partial charge in [0.2, 0.25) is 0 Å². The molecule has 0 spiro atoms. The maximum atomic E-state index is 12.9. The van der Waals surface area contributed by atoms with E-state index in [9.17, 15) is 4.39 Å². The van der Waals surface area contributed by atoms with Crippen LogP contribution in [-0.4, -0.2) is 13.1 Å². The zero-order valence-electron chi connectivity index (χ0n) is 11.2. The molecule has 0 aliphatic carbocycles. The summed E-state index contributed by atoms with van der Waals surface area (Å²) in [5, 5.41) is 3.49. The molecule has 1 rings (SSSR count). The van der Waals surface area contributed by atoms with Crippen molar-refractivity contribution in [2.75, 3.05) is 13.1 Å². The van der Waals surface area contributed by atoms with Gasteiger partial charge in [-0.3, -0.25) is 0 Å². The average Bonchev–Trinajstić information content (AvgIpc) is 2.29. The number of rotatable bonds is 7. The standard InChI is InChI=1S/C15H24FN/c1-4-5-14(11-17-10-12(2)3)13-6-8-15(16)9-7-13/h6-9,12,14,17H,4-5,10-11H2,1-3H3. The van der Waals surface area contributed by atoms with E-state index < -0.39 is 0 Å². The Balaban J connectivity index is 2.55. The van der Waals surface area contributed by atoms with E-state index in [0.717, 1.165) is 25.9 Å². The van der Waals surface area contributed by atoms with E-state index in [1.54, 1.807) is 12.1 Å². The van der Waals surface area contributed by atoms with Gasteiger partial charge in [-0.1, -0.05) is 39.3 Å². The maximum Gasteiger partial charge on any atom is 0.123 e. The third-order valence-corrected chi connectivity index (χ3v) is 2.92. The van der Waals surface area contributed by atoms with E-state index in [2.05, 4.69) is 26.1 Å². The predicted molar refractivity (Wildman–Crippen MR) is 71.8 cm³/mol.